The summed E-state index contributed by atoms with van der Waals surface area (Å²) in [6.07, 6.45) is 2.97. The highest BCUT2D eigenvalue weighted by Crippen LogP contribution is 2.31. The number of benzene rings is 1. The van der Waals surface area contributed by atoms with Crippen molar-refractivity contribution in [1.29, 1.82) is 0 Å². The van der Waals surface area contributed by atoms with Gasteiger partial charge < -0.3 is 15.5 Å². The number of phenols is 1. The number of carbonyl (C=O) groups is 1. The van der Waals surface area contributed by atoms with Gasteiger partial charge in [0.15, 0.2) is 0 Å². The van der Waals surface area contributed by atoms with Crippen molar-refractivity contribution in [1.82, 2.24) is 5.32 Å². The molecule has 1 aliphatic carbocycles. The van der Waals surface area contributed by atoms with Gasteiger partial charge in [-0.25, -0.2) is 0 Å². The monoisotopic (exact) mass is 221 g/mol. The van der Waals surface area contributed by atoms with E-state index in [0.717, 1.165) is 24.8 Å². The number of carboxylic acid groups (broad SMARTS) is 1. The van der Waals surface area contributed by atoms with Crippen molar-refractivity contribution >= 4 is 5.97 Å². The number of nitrogens with one attached hydrogen (secondary N) is 1. The van der Waals surface area contributed by atoms with Gasteiger partial charge in [0.25, 0.3) is 0 Å². The summed E-state index contributed by atoms with van der Waals surface area (Å²) in [7, 11) is 0. The molecule has 1 aromatic rings. The van der Waals surface area contributed by atoms with Gasteiger partial charge in [-0.3, -0.25) is 4.79 Å². The van der Waals surface area contributed by atoms with Gasteiger partial charge in [-0.1, -0.05) is 6.07 Å². The zero-order chi connectivity index (χ0) is 11.5. The average Bonchev–Trinajstić information content (AvgIpc) is 2.26. The lowest BCUT2D eigenvalue weighted by atomic mass is 9.87. The average molecular weight is 221 g/mol. The first-order valence-electron chi connectivity index (χ1n) is 5.44. The molecular weight excluding hydrogens is 206 g/mol. The highest BCUT2D eigenvalue weighted by atomic mass is 16.4. The third kappa shape index (κ3) is 2.33. The van der Waals surface area contributed by atoms with E-state index in [1.54, 1.807) is 12.1 Å². The molecule has 0 saturated carbocycles. The number of aryl methyl sites for hydroxylation is 1. The van der Waals surface area contributed by atoms with Crippen LogP contribution in [0.25, 0.3) is 0 Å². The normalized spacial score (nSPS) is 19.1. The molecule has 1 atom stereocenters. The summed E-state index contributed by atoms with van der Waals surface area (Å²) in [6.45, 7) is -0.0419. The van der Waals surface area contributed by atoms with E-state index in [0.29, 0.717) is 0 Å². The summed E-state index contributed by atoms with van der Waals surface area (Å²) in [5, 5.41) is 21.1. The number of phenolic OH excluding ortho intramolecular Hbond substituents is 1. The van der Waals surface area contributed by atoms with E-state index in [2.05, 4.69) is 5.32 Å². The molecular formula is C12H15NO3. The molecule has 0 spiro atoms. The Morgan fingerprint density at radius 3 is 3.06 bits per heavy atom. The van der Waals surface area contributed by atoms with E-state index in [-0.39, 0.29) is 18.3 Å². The Balaban J connectivity index is 2.18. The molecule has 86 valence electrons. The Hall–Kier alpha value is -1.55. The number of carboxylic acids is 1. The maximum absolute atomic E-state index is 10.5. The van der Waals surface area contributed by atoms with Gasteiger partial charge in [-0.15, -0.1) is 0 Å². The minimum absolute atomic E-state index is 0.0419. The second-order valence-electron chi connectivity index (χ2n) is 4.10. The molecule has 0 saturated heterocycles. The van der Waals surface area contributed by atoms with Gasteiger partial charge in [0.1, 0.15) is 5.75 Å². The van der Waals surface area contributed by atoms with Crippen molar-refractivity contribution in [2.75, 3.05) is 6.54 Å². The molecule has 4 heteroatoms. The number of hydrogen-bond donors (Lipinski definition) is 3. The Morgan fingerprint density at radius 2 is 2.31 bits per heavy atom. The fourth-order valence-corrected chi connectivity index (χ4v) is 2.21. The summed E-state index contributed by atoms with van der Waals surface area (Å²) >= 11 is 0. The predicted molar refractivity (Wildman–Crippen MR) is 59.4 cm³/mol. The molecule has 1 unspecified atom stereocenters. The molecule has 16 heavy (non-hydrogen) atoms. The molecule has 0 heterocycles. The third-order valence-corrected chi connectivity index (χ3v) is 2.94. The van der Waals surface area contributed by atoms with Crippen LogP contribution in [0.3, 0.4) is 0 Å². The second kappa shape index (κ2) is 4.53. The molecule has 0 amide bonds. The first-order valence-corrected chi connectivity index (χ1v) is 5.44. The summed E-state index contributed by atoms with van der Waals surface area (Å²) in [6, 6.07) is 5.37. The lowest BCUT2D eigenvalue weighted by molar-refractivity contribution is -0.136. The van der Waals surface area contributed by atoms with E-state index < -0.39 is 5.97 Å². The number of aliphatic carboxylic acids is 1. The molecule has 3 N–H and O–H groups in total. The van der Waals surface area contributed by atoms with E-state index in [1.807, 2.05) is 6.07 Å². The minimum atomic E-state index is -0.854. The van der Waals surface area contributed by atoms with Crippen molar-refractivity contribution in [3.05, 3.63) is 29.3 Å². The van der Waals surface area contributed by atoms with Crippen LogP contribution in [0.2, 0.25) is 0 Å². The Morgan fingerprint density at radius 1 is 1.50 bits per heavy atom. The molecule has 0 radical (unpaired) electrons. The zero-order valence-corrected chi connectivity index (χ0v) is 8.94. The van der Waals surface area contributed by atoms with Gasteiger partial charge in [0.05, 0.1) is 6.54 Å². The largest absolute Gasteiger partial charge is 0.508 e. The molecule has 0 bridgehead atoms. The van der Waals surface area contributed by atoms with Crippen molar-refractivity contribution in [2.45, 2.75) is 25.3 Å². The van der Waals surface area contributed by atoms with Crippen LogP contribution in [0.4, 0.5) is 0 Å². The lowest BCUT2D eigenvalue weighted by Crippen LogP contribution is -2.29. The molecule has 4 nitrogen and oxygen atoms in total. The number of aromatic hydroxyl groups is 1. The van der Waals surface area contributed by atoms with Gasteiger partial charge in [-0.05, 0) is 42.5 Å². The first kappa shape index (κ1) is 11.0. The first-order chi connectivity index (χ1) is 7.66. The fourth-order valence-electron chi connectivity index (χ4n) is 2.21. The van der Waals surface area contributed by atoms with Crippen LogP contribution in [0.5, 0.6) is 5.75 Å². The Kier molecular flexibility index (Phi) is 3.10. The van der Waals surface area contributed by atoms with Crippen LogP contribution >= 0.6 is 0 Å². The Labute approximate surface area is 93.9 Å². The number of fused-ring (bicyclic) bond motifs is 1. The van der Waals surface area contributed by atoms with Gasteiger partial charge in [0, 0.05) is 6.04 Å². The van der Waals surface area contributed by atoms with Crippen LogP contribution in [-0.2, 0) is 11.2 Å². The van der Waals surface area contributed by atoms with Crippen LogP contribution in [0, 0.1) is 0 Å². The van der Waals surface area contributed by atoms with E-state index in [9.17, 15) is 9.90 Å². The summed E-state index contributed by atoms with van der Waals surface area (Å²) in [4.78, 5) is 10.5. The molecule has 0 aliphatic heterocycles. The molecule has 0 aromatic heterocycles. The van der Waals surface area contributed by atoms with Crippen LogP contribution in [-0.4, -0.2) is 22.7 Å². The number of rotatable bonds is 3. The highest BCUT2D eigenvalue weighted by molar-refractivity contribution is 5.69. The SMILES string of the molecule is O=C(O)CNC1CCCc2ccc(O)cc21. The van der Waals surface area contributed by atoms with Crippen LogP contribution in [0.1, 0.15) is 30.0 Å². The maximum atomic E-state index is 10.5. The third-order valence-electron chi connectivity index (χ3n) is 2.94. The quantitative estimate of drug-likeness (QED) is 0.722. The molecule has 2 rings (SSSR count). The smallest absolute Gasteiger partial charge is 0.317 e. The van der Waals surface area contributed by atoms with Crippen molar-refractivity contribution in [3.8, 4) is 5.75 Å². The van der Waals surface area contributed by atoms with Crippen LogP contribution in [0.15, 0.2) is 18.2 Å². The zero-order valence-electron chi connectivity index (χ0n) is 8.94. The number of hydrogen-bond acceptors (Lipinski definition) is 3. The minimum Gasteiger partial charge on any atom is -0.508 e. The maximum Gasteiger partial charge on any atom is 0.317 e. The predicted octanol–water partition coefficient (Wildman–Crippen LogP) is 1.44. The summed E-state index contributed by atoms with van der Waals surface area (Å²) < 4.78 is 0. The van der Waals surface area contributed by atoms with Crippen molar-refractivity contribution in [3.63, 3.8) is 0 Å². The fraction of sp³-hybridized carbons (Fsp3) is 0.417. The summed E-state index contributed by atoms with van der Waals surface area (Å²) in [5.74, 6) is -0.616. The molecule has 1 aromatic carbocycles. The lowest BCUT2D eigenvalue weighted by Gasteiger charge is -2.26. The molecule has 0 fully saturated rings. The van der Waals surface area contributed by atoms with E-state index >= 15 is 0 Å². The summed E-state index contributed by atoms with van der Waals surface area (Å²) in [5.41, 5.74) is 2.24. The Bertz CT molecular complexity index is 403. The van der Waals surface area contributed by atoms with Gasteiger partial charge >= 0.3 is 5.97 Å². The second-order valence-corrected chi connectivity index (χ2v) is 4.10. The van der Waals surface area contributed by atoms with E-state index in [1.165, 1.54) is 5.56 Å². The van der Waals surface area contributed by atoms with Crippen molar-refractivity contribution in [2.24, 2.45) is 0 Å². The standard InChI is InChI=1S/C12H15NO3/c14-9-5-4-8-2-1-3-11(10(8)6-9)13-7-12(15)16/h4-6,11,13-14H,1-3,7H2,(H,15,16). The van der Waals surface area contributed by atoms with Crippen molar-refractivity contribution < 1.29 is 15.0 Å². The topological polar surface area (TPSA) is 69.6 Å². The molecule has 1 aliphatic rings. The van der Waals surface area contributed by atoms with Gasteiger partial charge in [0.2, 0.25) is 0 Å². The highest BCUT2D eigenvalue weighted by Gasteiger charge is 2.20. The van der Waals surface area contributed by atoms with E-state index in [4.69, 9.17) is 5.11 Å². The van der Waals surface area contributed by atoms with Gasteiger partial charge in [-0.2, -0.15) is 0 Å². The van der Waals surface area contributed by atoms with Crippen LogP contribution < -0.4 is 5.32 Å².